The molecule has 0 heterocycles. The van der Waals surface area contributed by atoms with Crippen LogP contribution in [0.4, 0.5) is 5.69 Å². The summed E-state index contributed by atoms with van der Waals surface area (Å²) in [7, 11) is 3.83. The first-order valence-corrected chi connectivity index (χ1v) is 6.32. The second-order valence-electron chi connectivity index (χ2n) is 4.39. The summed E-state index contributed by atoms with van der Waals surface area (Å²) < 4.78 is 0. The molecule has 2 N–H and O–H groups in total. The number of nitrogens with one attached hydrogen (secondary N) is 2. The molecule has 0 aromatic heterocycles. The highest BCUT2D eigenvalue weighted by atomic mass is 35.5. The van der Waals surface area contributed by atoms with Crippen molar-refractivity contribution in [3.05, 3.63) is 29.3 Å². The topological polar surface area (TPSA) is 61.4 Å². The monoisotopic (exact) mass is 283 g/mol. The molecule has 6 heteroatoms. The van der Waals surface area contributed by atoms with Crippen LogP contribution in [-0.2, 0) is 9.59 Å². The van der Waals surface area contributed by atoms with Gasteiger partial charge in [-0.3, -0.25) is 9.59 Å². The van der Waals surface area contributed by atoms with Crippen LogP contribution in [0.25, 0.3) is 0 Å². The molecule has 0 atom stereocenters. The van der Waals surface area contributed by atoms with Crippen molar-refractivity contribution in [2.24, 2.45) is 0 Å². The van der Waals surface area contributed by atoms with E-state index in [1.165, 1.54) is 0 Å². The SMILES string of the molecule is CN(C)CCNC(=O)CC(=O)Nc1cccc(Cl)c1. The maximum Gasteiger partial charge on any atom is 0.233 e. The van der Waals surface area contributed by atoms with E-state index in [0.29, 0.717) is 17.3 Å². The lowest BCUT2D eigenvalue weighted by atomic mass is 10.3. The highest BCUT2D eigenvalue weighted by Crippen LogP contribution is 2.14. The maximum absolute atomic E-state index is 11.6. The van der Waals surface area contributed by atoms with Gasteiger partial charge < -0.3 is 15.5 Å². The summed E-state index contributed by atoms with van der Waals surface area (Å²) in [5.74, 6) is -0.647. The minimum Gasteiger partial charge on any atom is -0.354 e. The molecular formula is C13H18ClN3O2. The van der Waals surface area contributed by atoms with Gasteiger partial charge in [-0.1, -0.05) is 17.7 Å². The van der Waals surface area contributed by atoms with Crippen LogP contribution in [0, 0.1) is 0 Å². The predicted molar refractivity (Wildman–Crippen MR) is 76.3 cm³/mol. The molecule has 0 aliphatic heterocycles. The normalized spacial score (nSPS) is 10.3. The van der Waals surface area contributed by atoms with Crippen LogP contribution >= 0.6 is 11.6 Å². The van der Waals surface area contributed by atoms with Gasteiger partial charge in [-0.05, 0) is 32.3 Å². The molecule has 0 saturated heterocycles. The standard InChI is InChI=1S/C13H18ClN3O2/c1-17(2)7-6-15-12(18)9-13(19)16-11-5-3-4-10(14)8-11/h3-5,8H,6-7,9H2,1-2H3,(H,15,18)(H,16,19). The highest BCUT2D eigenvalue weighted by molar-refractivity contribution is 6.30. The van der Waals surface area contributed by atoms with Crippen molar-refractivity contribution >= 4 is 29.1 Å². The number of likely N-dealkylation sites (N-methyl/N-ethyl adjacent to an activating group) is 1. The van der Waals surface area contributed by atoms with Gasteiger partial charge in [-0.2, -0.15) is 0 Å². The number of hydrogen-bond acceptors (Lipinski definition) is 3. The van der Waals surface area contributed by atoms with Gasteiger partial charge in [0.15, 0.2) is 0 Å². The Morgan fingerprint density at radius 2 is 2.00 bits per heavy atom. The Labute approximate surface area is 117 Å². The van der Waals surface area contributed by atoms with Crippen molar-refractivity contribution in [2.75, 3.05) is 32.5 Å². The Morgan fingerprint density at radius 3 is 2.63 bits per heavy atom. The summed E-state index contributed by atoms with van der Waals surface area (Å²) >= 11 is 5.80. The van der Waals surface area contributed by atoms with Crippen LogP contribution in [0.15, 0.2) is 24.3 Å². The highest BCUT2D eigenvalue weighted by Gasteiger charge is 2.09. The predicted octanol–water partition coefficient (Wildman–Crippen LogP) is 1.35. The molecule has 1 aromatic rings. The molecule has 2 amide bonds. The number of carbonyl (C=O) groups is 2. The Hall–Kier alpha value is -1.59. The zero-order chi connectivity index (χ0) is 14.3. The molecule has 0 saturated carbocycles. The van der Waals surface area contributed by atoms with Crippen molar-refractivity contribution in [2.45, 2.75) is 6.42 Å². The summed E-state index contributed by atoms with van der Waals surface area (Å²) in [4.78, 5) is 25.0. The molecule has 1 aromatic carbocycles. The average molecular weight is 284 g/mol. The molecule has 0 unspecified atom stereocenters. The molecule has 104 valence electrons. The van der Waals surface area contributed by atoms with Gasteiger partial charge in [0.25, 0.3) is 0 Å². The Bertz CT molecular complexity index is 449. The molecule has 0 radical (unpaired) electrons. The fourth-order valence-electron chi connectivity index (χ4n) is 1.40. The maximum atomic E-state index is 11.6. The zero-order valence-electron chi connectivity index (χ0n) is 11.1. The quantitative estimate of drug-likeness (QED) is 0.775. The largest absolute Gasteiger partial charge is 0.354 e. The van der Waals surface area contributed by atoms with E-state index in [9.17, 15) is 9.59 Å². The van der Waals surface area contributed by atoms with Crippen molar-refractivity contribution < 1.29 is 9.59 Å². The van der Waals surface area contributed by atoms with Crippen LogP contribution in [0.2, 0.25) is 5.02 Å². The van der Waals surface area contributed by atoms with E-state index in [-0.39, 0.29) is 18.2 Å². The van der Waals surface area contributed by atoms with E-state index in [4.69, 9.17) is 11.6 Å². The molecule has 0 aliphatic rings. The number of nitrogens with zero attached hydrogens (tertiary/aromatic N) is 1. The van der Waals surface area contributed by atoms with Crippen molar-refractivity contribution in [1.82, 2.24) is 10.2 Å². The molecule has 0 aliphatic carbocycles. The lowest BCUT2D eigenvalue weighted by molar-refractivity contribution is -0.126. The second kappa shape index (κ2) is 7.76. The van der Waals surface area contributed by atoms with Crippen molar-refractivity contribution in [3.63, 3.8) is 0 Å². The first-order valence-electron chi connectivity index (χ1n) is 5.94. The Kier molecular flexibility index (Phi) is 6.32. The van der Waals surface area contributed by atoms with Gasteiger partial charge in [0.2, 0.25) is 11.8 Å². The van der Waals surface area contributed by atoms with Crippen LogP contribution in [0.5, 0.6) is 0 Å². The minimum atomic E-state index is -0.357. The van der Waals surface area contributed by atoms with E-state index < -0.39 is 0 Å². The molecule has 19 heavy (non-hydrogen) atoms. The third-order valence-corrected chi connectivity index (χ3v) is 2.55. The van der Waals surface area contributed by atoms with Gasteiger partial charge in [0.05, 0.1) is 0 Å². The van der Waals surface area contributed by atoms with Crippen molar-refractivity contribution in [1.29, 1.82) is 0 Å². The average Bonchev–Trinajstić information content (AvgIpc) is 2.27. The van der Waals surface area contributed by atoms with Crippen LogP contribution in [0.1, 0.15) is 6.42 Å². The summed E-state index contributed by atoms with van der Waals surface area (Å²) in [6.45, 7) is 1.26. The van der Waals surface area contributed by atoms with E-state index >= 15 is 0 Å². The molecule has 0 fully saturated rings. The fraction of sp³-hybridized carbons (Fsp3) is 0.385. The van der Waals surface area contributed by atoms with E-state index in [1.54, 1.807) is 24.3 Å². The Balaban J connectivity index is 2.33. The van der Waals surface area contributed by atoms with Gasteiger partial charge in [-0.15, -0.1) is 0 Å². The third-order valence-electron chi connectivity index (χ3n) is 2.31. The molecule has 0 bridgehead atoms. The fourth-order valence-corrected chi connectivity index (χ4v) is 1.59. The van der Waals surface area contributed by atoms with Gasteiger partial charge in [0.1, 0.15) is 6.42 Å². The second-order valence-corrected chi connectivity index (χ2v) is 4.82. The third kappa shape index (κ3) is 6.79. The van der Waals surface area contributed by atoms with Gasteiger partial charge in [0, 0.05) is 23.8 Å². The number of rotatable bonds is 6. The molecule has 0 spiro atoms. The first-order chi connectivity index (χ1) is 8.97. The number of benzene rings is 1. The van der Waals surface area contributed by atoms with Gasteiger partial charge >= 0.3 is 0 Å². The summed E-state index contributed by atoms with van der Waals surface area (Å²) in [6, 6.07) is 6.79. The van der Waals surface area contributed by atoms with Crippen LogP contribution in [-0.4, -0.2) is 43.9 Å². The molecule has 1 rings (SSSR count). The molecule has 5 nitrogen and oxygen atoms in total. The van der Waals surface area contributed by atoms with E-state index in [0.717, 1.165) is 6.54 Å². The number of carbonyl (C=O) groups excluding carboxylic acids is 2. The van der Waals surface area contributed by atoms with Crippen LogP contribution < -0.4 is 10.6 Å². The number of amides is 2. The number of anilines is 1. The first kappa shape index (κ1) is 15.5. The van der Waals surface area contributed by atoms with Gasteiger partial charge in [-0.25, -0.2) is 0 Å². The lowest BCUT2D eigenvalue weighted by Gasteiger charge is -2.10. The Morgan fingerprint density at radius 1 is 1.26 bits per heavy atom. The number of hydrogen-bond donors (Lipinski definition) is 2. The zero-order valence-corrected chi connectivity index (χ0v) is 11.8. The smallest absolute Gasteiger partial charge is 0.233 e. The summed E-state index contributed by atoms with van der Waals surface area (Å²) in [6.07, 6.45) is -0.195. The van der Waals surface area contributed by atoms with E-state index in [2.05, 4.69) is 10.6 Å². The summed E-state index contributed by atoms with van der Waals surface area (Å²) in [5, 5.41) is 5.83. The van der Waals surface area contributed by atoms with Crippen molar-refractivity contribution in [3.8, 4) is 0 Å². The number of halogens is 1. The van der Waals surface area contributed by atoms with Crippen LogP contribution in [0.3, 0.4) is 0 Å². The minimum absolute atomic E-state index is 0.195. The van der Waals surface area contributed by atoms with E-state index in [1.807, 2.05) is 19.0 Å². The molecular weight excluding hydrogens is 266 g/mol. The summed E-state index contributed by atoms with van der Waals surface area (Å²) in [5.41, 5.74) is 0.582. The lowest BCUT2D eigenvalue weighted by Crippen LogP contribution is -2.33.